The van der Waals surface area contributed by atoms with Crippen molar-refractivity contribution in [1.29, 1.82) is 0 Å². The predicted molar refractivity (Wildman–Crippen MR) is 73.0 cm³/mol. The Labute approximate surface area is 120 Å². The van der Waals surface area contributed by atoms with Crippen molar-refractivity contribution in [2.24, 2.45) is 0 Å². The van der Waals surface area contributed by atoms with Gasteiger partial charge in [-0.1, -0.05) is 30.3 Å². The number of hydrogen-bond acceptors (Lipinski definition) is 6. The quantitative estimate of drug-likeness (QED) is 0.476. The lowest BCUT2D eigenvalue weighted by molar-refractivity contribution is -0.390. The first-order valence-electron chi connectivity index (χ1n) is 6.01. The standard InChI is InChI=1S/C14H12N2O5/c1-20-14(17)11-7-12(13(15-8-11)16(18)19)21-9-10-5-3-2-4-6-10/h2-8H,9H2,1H3. The number of pyridine rings is 1. The molecule has 0 radical (unpaired) electrons. The van der Waals surface area contributed by atoms with Gasteiger partial charge in [0.25, 0.3) is 0 Å². The second-order valence-corrected chi connectivity index (χ2v) is 4.07. The van der Waals surface area contributed by atoms with Gasteiger partial charge in [0.2, 0.25) is 5.75 Å². The normalized spacial score (nSPS) is 9.95. The molecule has 0 bridgehead atoms. The van der Waals surface area contributed by atoms with E-state index in [9.17, 15) is 14.9 Å². The van der Waals surface area contributed by atoms with Crippen LogP contribution in [0.25, 0.3) is 0 Å². The summed E-state index contributed by atoms with van der Waals surface area (Å²) in [5.74, 6) is -1.16. The molecular formula is C14H12N2O5. The van der Waals surface area contributed by atoms with E-state index in [0.29, 0.717) is 0 Å². The van der Waals surface area contributed by atoms with E-state index in [-0.39, 0.29) is 17.9 Å². The van der Waals surface area contributed by atoms with E-state index in [1.807, 2.05) is 30.3 Å². The zero-order valence-corrected chi connectivity index (χ0v) is 11.2. The summed E-state index contributed by atoms with van der Waals surface area (Å²) >= 11 is 0. The summed E-state index contributed by atoms with van der Waals surface area (Å²) in [6.45, 7) is 0.133. The van der Waals surface area contributed by atoms with E-state index >= 15 is 0 Å². The molecule has 108 valence electrons. The highest BCUT2D eigenvalue weighted by Gasteiger charge is 2.21. The van der Waals surface area contributed by atoms with E-state index in [4.69, 9.17) is 4.74 Å². The van der Waals surface area contributed by atoms with Crippen molar-refractivity contribution in [2.45, 2.75) is 6.61 Å². The molecule has 2 aromatic rings. The third kappa shape index (κ3) is 3.53. The minimum Gasteiger partial charge on any atom is -0.481 e. The van der Waals surface area contributed by atoms with Crippen molar-refractivity contribution in [3.05, 3.63) is 63.8 Å². The van der Waals surface area contributed by atoms with Crippen LogP contribution in [0.5, 0.6) is 5.75 Å². The number of carbonyl (C=O) groups excluding carboxylic acids is 1. The topological polar surface area (TPSA) is 91.6 Å². The summed E-state index contributed by atoms with van der Waals surface area (Å²) in [5.41, 5.74) is 0.932. The second-order valence-electron chi connectivity index (χ2n) is 4.07. The summed E-state index contributed by atoms with van der Waals surface area (Å²) in [5, 5.41) is 10.9. The van der Waals surface area contributed by atoms with Gasteiger partial charge >= 0.3 is 11.8 Å². The van der Waals surface area contributed by atoms with Crippen LogP contribution < -0.4 is 4.74 Å². The first-order valence-corrected chi connectivity index (χ1v) is 6.01. The van der Waals surface area contributed by atoms with Crippen molar-refractivity contribution < 1.29 is 19.2 Å². The summed E-state index contributed by atoms with van der Waals surface area (Å²) in [4.78, 5) is 25.3. The van der Waals surface area contributed by atoms with Crippen LogP contribution in [0.15, 0.2) is 42.6 Å². The van der Waals surface area contributed by atoms with Crippen LogP contribution in [0, 0.1) is 10.1 Å². The van der Waals surface area contributed by atoms with Crippen molar-refractivity contribution in [3.63, 3.8) is 0 Å². The first-order chi connectivity index (χ1) is 10.1. The van der Waals surface area contributed by atoms with E-state index in [2.05, 4.69) is 9.72 Å². The maximum absolute atomic E-state index is 11.4. The molecule has 0 aliphatic carbocycles. The predicted octanol–water partition coefficient (Wildman–Crippen LogP) is 2.36. The van der Waals surface area contributed by atoms with Crippen LogP contribution in [-0.4, -0.2) is 23.0 Å². The fraction of sp³-hybridized carbons (Fsp3) is 0.143. The van der Waals surface area contributed by atoms with Crippen molar-refractivity contribution >= 4 is 11.8 Å². The maximum atomic E-state index is 11.4. The summed E-state index contributed by atoms with van der Waals surface area (Å²) in [6.07, 6.45) is 1.08. The van der Waals surface area contributed by atoms with Crippen LogP contribution in [0.2, 0.25) is 0 Å². The number of carbonyl (C=O) groups is 1. The van der Waals surface area contributed by atoms with E-state index in [1.165, 1.54) is 13.2 Å². The molecular weight excluding hydrogens is 276 g/mol. The van der Waals surface area contributed by atoms with Crippen molar-refractivity contribution in [1.82, 2.24) is 4.98 Å². The summed E-state index contributed by atoms with van der Waals surface area (Å²) in [6, 6.07) is 10.4. The highest BCUT2D eigenvalue weighted by Crippen LogP contribution is 2.26. The number of benzene rings is 1. The lowest BCUT2D eigenvalue weighted by Crippen LogP contribution is -2.06. The fourth-order valence-corrected chi connectivity index (χ4v) is 1.65. The Balaban J connectivity index is 2.26. The number of rotatable bonds is 5. The molecule has 0 fully saturated rings. The Morgan fingerprint density at radius 2 is 2.05 bits per heavy atom. The highest BCUT2D eigenvalue weighted by atomic mass is 16.6. The van der Waals surface area contributed by atoms with E-state index < -0.39 is 16.7 Å². The molecule has 0 atom stereocenters. The number of nitrogens with zero attached hydrogens (tertiary/aromatic N) is 2. The van der Waals surface area contributed by atoms with Gasteiger partial charge in [-0.25, -0.2) is 4.79 Å². The van der Waals surface area contributed by atoms with Gasteiger partial charge in [0.1, 0.15) is 12.2 Å². The molecule has 1 aromatic carbocycles. The van der Waals surface area contributed by atoms with Crippen LogP contribution >= 0.6 is 0 Å². The molecule has 21 heavy (non-hydrogen) atoms. The Morgan fingerprint density at radius 3 is 2.67 bits per heavy atom. The number of methoxy groups -OCH3 is 1. The Bertz CT molecular complexity index is 658. The molecule has 0 saturated heterocycles. The third-order valence-corrected chi connectivity index (χ3v) is 2.66. The zero-order valence-electron chi connectivity index (χ0n) is 11.2. The number of nitro groups is 1. The molecule has 0 amide bonds. The molecule has 7 nitrogen and oxygen atoms in total. The van der Waals surface area contributed by atoms with Gasteiger partial charge in [0, 0.05) is 6.07 Å². The molecule has 7 heteroatoms. The SMILES string of the molecule is COC(=O)c1cnc([N+](=O)[O-])c(OCc2ccccc2)c1. The molecule has 0 saturated carbocycles. The first kappa shape index (κ1) is 14.4. The lowest BCUT2D eigenvalue weighted by atomic mass is 10.2. The van der Waals surface area contributed by atoms with Gasteiger partial charge in [-0.15, -0.1) is 0 Å². The van der Waals surface area contributed by atoms with Gasteiger partial charge < -0.3 is 19.6 Å². The lowest BCUT2D eigenvalue weighted by Gasteiger charge is -2.07. The summed E-state index contributed by atoms with van der Waals surface area (Å²) in [7, 11) is 1.22. The van der Waals surface area contributed by atoms with E-state index in [0.717, 1.165) is 11.8 Å². The van der Waals surface area contributed by atoms with Crippen molar-refractivity contribution in [3.8, 4) is 5.75 Å². The zero-order chi connectivity index (χ0) is 15.2. The van der Waals surface area contributed by atoms with Gasteiger partial charge in [0.05, 0.1) is 7.11 Å². The minimum atomic E-state index is -0.665. The molecule has 0 unspecified atom stereocenters. The molecule has 0 aliphatic heterocycles. The molecule has 0 aliphatic rings. The monoisotopic (exact) mass is 288 g/mol. The molecule has 0 N–H and O–H groups in total. The molecule has 1 aromatic heterocycles. The van der Waals surface area contributed by atoms with Crippen LogP contribution in [-0.2, 0) is 11.3 Å². The molecule has 1 heterocycles. The fourth-order valence-electron chi connectivity index (χ4n) is 1.65. The van der Waals surface area contributed by atoms with Crippen LogP contribution in [0.1, 0.15) is 15.9 Å². The number of hydrogen-bond donors (Lipinski definition) is 0. The van der Waals surface area contributed by atoms with Crippen molar-refractivity contribution in [2.75, 3.05) is 7.11 Å². The summed E-state index contributed by atoms with van der Waals surface area (Å²) < 4.78 is 9.96. The number of aromatic nitrogens is 1. The average molecular weight is 288 g/mol. The van der Waals surface area contributed by atoms with Gasteiger partial charge in [-0.3, -0.25) is 0 Å². The largest absolute Gasteiger partial charge is 0.481 e. The molecule has 2 rings (SSSR count). The maximum Gasteiger partial charge on any atom is 0.406 e. The Hall–Kier alpha value is -2.96. The smallest absolute Gasteiger partial charge is 0.406 e. The van der Waals surface area contributed by atoms with E-state index in [1.54, 1.807) is 0 Å². The Kier molecular flexibility index (Phi) is 4.45. The second kappa shape index (κ2) is 6.47. The Morgan fingerprint density at radius 1 is 1.33 bits per heavy atom. The van der Waals surface area contributed by atoms with Gasteiger partial charge in [0.15, 0.2) is 6.20 Å². The molecule has 0 spiro atoms. The average Bonchev–Trinajstić information content (AvgIpc) is 2.52. The number of esters is 1. The highest BCUT2D eigenvalue weighted by molar-refractivity contribution is 5.89. The van der Waals surface area contributed by atoms with Crippen LogP contribution in [0.3, 0.4) is 0 Å². The van der Waals surface area contributed by atoms with Gasteiger partial charge in [-0.2, -0.15) is 0 Å². The van der Waals surface area contributed by atoms with Gasteiger partial charge in [-0.05, 0) is 15.5 Å². The number of ether oxygens (including phenoxy) is 2. The minimum absolute atomic E-state index is 0.0771. The third-order valence-electron chi connectivity index (χ3n) is 2.66. The van der Waals surface area contributed by atoms with Crippen LogP contribution in [0.4, 0.5) is 5.82 Å².